The van der Waals surface area contributed by atoms with E-state index in [2.05, 4.69) is 38.1 Å². The smallest absolute Gasteiger partial charge is 0.183 e. The fourth-order valence-electron chi connectivity index (χ4n) is 2.95. The molecule has 1 heterocycles. The third-order valence-electron chi connectivity index (χ3n) is 4.42. The number of aliphatic hydroxyl groups excluding tert-OH is 1. The molecule has 0 bridgehead atoms. The summed E-state index contributed by atoms with van der Waals surface area (Å²) in [6, 6.07) is 10.4. The number of benzene rings is 1. The maximum absolute atomic E-state index is 10.3. The zero-order valence-corrected chi connectivity index (χ0v) is 15.8. The monoisotopic (exact) mass is 352 g/mol. The van der Waals surface area contributed by atoms with E-state index in [1.807, 2.05) is 17.8 Å². The molecule has 1 saturated heterocycles. The van der Waals surface area contributed by atoms with Crippen molar-refractivity contribution in [2.75, 3.05) is 6.61 Å². The number of hydrogen-bond donors (Lipinski definition) is 1. The lowest BCUT2D eigenvalue weighted by atomic mass is 10.1. The van der Waals surface area contributed by atoms with Crippen LogP contribution in [0.2, 0.25) is 0 Å². The molecular formula is C20H32O3S. The Balaban J connectivity index is 1.65. The summed E-state index contributed by atoms with van der Waals surface area (Å²) in [5.74, 6) is 0.959. The Morgan fingerprint density at radius 2 is 2.04 bits per heavy atom. The summed E-state index contributed by atoms with van der Waals surface area (Å²) in [4.78, 5) is 0. The molecule has 0 spiro atoms. The van der Waals surface area contributed by atoms with E-state index in [9.17, 15) is 5.11 Å². The van der Waals surface area contributed by atoms with Crippen molar-refractivity contribution in [3.63, 3.8) is 0 Å². The van der Waals surface area contributed by atoms with Gasteiger partial charge < -0.3 is 14.6 Å². The number of rotatable bonds is 10. The Morgan fingerprint density at radius 1 is 1.25 bits per heavy atom. The van der Waals surface area contributed by atoms with Gasteiger partial charge in [-0.15, -0.1) is 0 Å². The predicted molar refractivity (Wildman–Crippen MR) is 101 cm³/mol. The predicted octanol–water partition coefficient (Wildman–Crippen LogP) is 4.77. The van der Waals surface area contributed by atoms with Crippen LogP contribution in [0.15, 0.2) is 30.3 Å². The number of thioether (sulfide) groups is 1. The van der Waals surface area contributed by atoms with Gasteiger partial charge in [0.15, 0.2) is 6.29 Å². The van der Waals surface area contributed by atoms with Gasteiger partial charge in [-0.2, -0.15) is 11.8 Å². The zero-order chi connectivity index (χ0) is 17.2. The number of hydrogen-bond acceptors (Lipinski definition) is 4. The lowest BCUT2D eigenvalue weighted by Crippen LogP contribution is -2.43. The molecule has 24 heavy (non-hydrogen) atoms. The van der Waals surface area contributed by atoms with Gasteiger partial charge in [0, 0.05) is 11.0 Å². The van der Waals surface area contributed by atoms with E-state index < -0.39 is 12.4 Å². The van der Waals surface area contributed by atoms with Crippen LogP contribution in [0.25, 0.3) is 0 Å². The SMILES string of the molecule is CCCCCC[C@@H](C)O[C@@H]1OC[C@@H](SCc2ccccc2)C[C@@H]1O. The van der Waals surface area contributed by atoms with Crippen LogP contribution in [0, 0.1) is 0 Å². The first-order valence-corrected chi connectivity index (χ1v) is 10.3. The van der Waals surface area contributed by atoms with Crippen LogP contribution in [0.3, 0.4) is 0 Å². The van der Waals surface area contributed by atoms with Crippen molar-refractivity contribution in [3.8, 4) is 0 Å². The van der Waals surface area contributed by atoms with Crippen molar-refractivity contribution < 1.29 is 14.6 Å². The van der Waals surface area contributed by atoms with Crippen LogP contribution in [-0.4, -0.2) is 35.5 Å². The molecular weight excluding hydrogens is 320 g/mol. The molecule has 0 aliphatic carbocycles. The second-order valence-corrected chi connectivity index (χ2v) is 8.01. The highest BCUT2D eigenvalue weighted by Gasteiger charge is 2.31. The zero-order valence-electron chi connectivity index (χ0n) is 15.0. The molecule has 4 heteroatoms. The van der Waals surface area contributed by atoms with Crippen LogP contribution in [-0.2, 0) is 15.2 Å². The van der Waals surface area contributed by atoms with Gasteiger partial charge in [0.2, 0.25) is 0 Å². The van der Waals surface area contributed by atoms with E-state index in [0.717, 1.165) is 18.6 Å². The normalized spacial score (nSPS) is 25.5. The molecule has 3 nitrogen and oxygen atoms in total. The molecule has 0 aromatic heterocycles. The molecule has 1 aliphatic heterocycles. The maximum Gasteiger partial charge on any atom is 0.183 e. The highest BCUT2D eigenvalue weighted by Crippen LogP contribution is 2.28. The summed E-state index contributed by atoms with van der Waals surface area (Å²) in [5, 5.41) is 10.7. The van der Waals surface area contributed by atoms with Crippen LogP contribution in [0.5, 0.6) is 0 Å². The highest BCUT2D eigenvalue weighted by atomic mass is 32.2. The summed E-state index contributed by atoms with van der Waals surface area (Å²) in [6.45, 7) is 4.96. The fourth-order valence-corrected chi connectivity index (χ4v) is 4.08. The van der Waals surface area contributed by atoms with Gasteiger partial charge >= 0.3 is 0 Å². The van der Waals surface area contributed by atoms with Gasteiger partial charge in [0.25, 0.3) is 0 Å². The van der Waals surface area contributed by atoms with Crippen molar-refractivity contribution in [2.24, 2.45) is 0 Å². The molecule has 1 aromatic carbocycles. The van der Waals surface area contributed by atoms with Gasteiger partial charge in [-0.25, -0.2) is 0 Å². The second kappa shape index (κ2) is 11.1. The van der Waals surface area contributed by atoms with Crippen LogP contribution in [0.4, 0.5) is 0 Å². The summed E-state index contributed by atoms with van der Waals surface area (Å²) in [7, 11) is 0. The molecule has 1 fully saturated rings. The number of ether oxygens (including phenoxy) is 2. The van der Waals surface area contributed by atoms with Crippen molar-refractivity contribution in [1.29, 1.82) is 0 Å². The Bertz CT molecular complexity index is 440. The summed E-state index contributed by atoms with van der Waals surface area (Å²) < 4.78 is 11.7. The minimum absolute atomic E-state index is 0.148. The standard InChI is InChI=1S/C20H32O3S/c1-3-4-5-7-10-16(2)23-20-19(21)13-18(14-22-20)24-15-17-11-8-6-9-12-17/h6,8-9,11-12,16,18-21H,3-5,7,10,13-15H2,1-2H3/t16-,18+,19+,20+/m1/s1. The molecule has 0 saturated carbocycles. The van der Waals surface area contributed by atoms with Gasteiger partial charge in [-0.1, -0.05) is 62.9 Å². The summed E-state index contributed by atoms with van der Waals surface area (Å²) >= 11 is 1.85. The Hall–Kier alpha value is -0.550. The van der Waals surface area contributed by atoms with E-state index in [1.54, 1.807) is 0 Å². The molecule has 0 radical (unpaired) electrons. The molecule has 136 valence electrons. The average molecular weight is 353 g/mol. The molecule has 0 amide bonds. The van der Waals surface area contributed by atoms with Gasteiger partial charge in [-0.05, 0) is 25.3 Å². The fraction of sp³-hybridized carbons (Fsp3) is 0.700. The van der Waals surface area contributed by atoms with E-state index >= 15 is 0 Å². The quantitative estimate of drug-likeness (QED) is 0.616. The number of unbranched alkanes of at least 4 members (excludes halogenated alkanes) is 3. The first-order chi connectivity index (χ1) is 11.7. The maximum atomic E-state index is 10.3. The second-order valence-electron chi connectivity index (χ2n) is 6.72. The largest absolute Gasteiger partial charge is 0.388 e. The first kappa shape index (κ1) is 19.8. The van der Waals surface area contributed by atoms with Gasteiger partial charge in [-0.3, -0.25) is 0 Å². The topological polar surface area (TPSA) is 38.7 Å². The van der Waals surface area contributed by atoms with Crippen molar-refractivity contribution in [1.82, 2.24) is 0 Å². The van der Waals surface area contributed by atoms with Gasteiger partial charge in [0.05, 0.1) is 12.7 Å². The molecule has 0 unspecified atom stereocenters. The van der Waals surface area contributed by atoms with E-state index in [0.29, 0.717) is 11.9 Å². The van der Waals surface area contributed by atoms with Gasteiger partial charge in [0.1, 0.15) is 6.10 Å². The molecule has 2 rings (SSSR count). The van der Waals surface area contributed by atoms with Crippen molar-refractivity contribution in [2.45, 2.75) is 81.9 Å². The Kier molecular flexibility index (Phi) is 9.18. The molecule has 1 aromatic rings. The van der Waals surface area contributed by atoms with Crippen LogP contribution >= 0.6 is 11.8 Å². The third kappa shape index (κ3) is 7.14. The van der Waals surface area contributed by atoms with E-state index in [1.165, 1.54) is 31.2 Å². The molecule has 1 aliphatic rings. The lowest BCUT2D eigenvalue weighted by molar-refractivity contribution is -0.230. The molecule has 1 N–H and O–H groups in total. The minimum Gasteiger partial charge on any atom is -0.388 e. The van der Waals surface area contributed by atoms with Crippen LogP contribution in [0.1, 0.15) is 57.9 Å². The summed E-state index contributed by atoms with van der Waals surface area (Å²) in [5.41, 5.74) is 1.32. The van der Waals surface area contributed by atoms with E-state index in [4.69, 9.17) is 9.47 Å². The minimum atomic E-state index is -0.523. The Labute approximate surface area is 151 Å². The highest BCUT2D eigenvalue weighted by molar-refractivity contribution is 7.99. The summed E-state index contributed by atoms with van der Waals surface area (Å²) in [6.07, 6.45) is 5.94. The lowest BCUT2D eigenvalue weighted by Gasteiger charge is -2.34. The van der Waals surface area contributed by atoms with E-state index in [-0.39, 0.29) is 6.10 Å². The third-order valence-corrected chi connectivity index (χ3v) is 5.72. The van der Waals surface area contributed by atoms with Crippen molar-refractivity contribution >= 4 is 11.8 Å². The first-order valence-electron chi connectivity index (χ1n) is 9.29. The van der Waals surface area contributed by atoms with Crippen LogP contribution < -0.4 is 0 Å². The number of aliphatic hydroxyl groups is 1. The Morgan fingerprint density at radius 3 is 2.75 bits per heavy atom. The molecule has 4 atom stereocenters. The van der Waals surface area contributed by atoms with Crippen molar-refractivity contribution in [3.05, 3.63) is 35.9 Å². The average Bonchev–Trinajstić information content (AvgIpc) is 2.60.